The largest absolute Gasteiger partial charge is 0.471 e. The van der Waals surface area contributed by atoms with Crippen molar-refractivity contribution in [1.29, 1.82) is 0 Å². The van der Waals surface area contributed by atoms with Crippen LogP contribution in [0.2, 0.25) is 0 Å². The molecule has 0 saturated carbocycles. The highest BCUT2D eigenvalue weighted by Gasteiger charge is 2.39. The summed E-state index contributed by atoms with van der Waals surface area (Å²) in [5.41, 5.74) is 5.17. The average Bonchev–Trinajstić information content (AvgIpc) is 2.14. The normalized spacial score (nSPS) is 13.3. The third-order valence-electron chi connectivity index (χ3n) is 1.71. The van der Waals surface area contributed by atoms with Gasteiger partial charge in [-0.25, -0.2) is 0 Å². The summed E-state index contributed by atoms with van der Waals surface area (Å²) in [5.74, 6) is -2.09. The fourth-order valence-electron chi connectivity index (χ4n) is 0.933. The molecule has 0 aromatic carbocycles. The summed E-state index contributed by atoms with van der Waals surface area (Å²) in [7, 11) is 0. The second kappa shape index (κ2) is 6.39. The van der Waals surface area contributed by atoms with Crippen LogP contribution >= 0.6 is 0 Å². The molecule has 0 rings (SSSR count). The fraction of sp³-hybridized carbons (Fsp3) is 0.750. The first-order chi connectivity index (χ1) is 6.91. The number of nitrogens with one attached hydrogen (secondary N) is 1. The Bertz CT molecular complexity index is 218. The molecule has 1 amide bonds. The monoisotopic (exact) mass is 226 g/mol. The van der Waals surface area contributed by atoms with E-state index in [-0.39, 0.29) is 6.42 Å². The number of carbonyl (C=O) groups is 2. The van der Waals surface area contributed by atoms with Crippen LogP contribution in [0.3, 0.4) is 0 Å². The molecule has 0 heterocycles. The molecule has 0 aromatic heterocycles. The number of hydrogen-bond donors (Lipinski definition) is 2. The minimum atomic E-state index is -4.95. The minimum Gasteiger partial charge on any atom is -0.339 e. The lowest BCUT2D eigenvalue weighted by Gasteiger charge is -2.13. The van der Waals surface area contributed by atoms with Crippen molar-refractivity contribution in [3.8, 4) is 0 Å². The molecule has 0 aliphatic heterocycles. The number of unbranched alkanes of at least 4 members (excludes halogenated alkanes) is 1. The van der Waals surface area contributed by atoms with Crippen molar-refractivity contribution in [2.75, 3.05) is 6.54 Å². The number of hydrogen-bond acceptors (Lipinski definition) is 3. The van der Waals surface area contributed by atoms with Gasteiger partial charge in [0.25, 0.3) is 0 Å². The zero-order chi connectivity index (χ0) is 11.9. The number of nitrogens with two attached hydrogens (primary N) is 1. The third kappa shape index (κ3) is 6.05. The maximum Gasteiger partial charge on any atom is 0.471 e. The van der Waals surface area contributed by atoms with Gasteiger partial charge in [0, 0.05) is 0 Å². The first-order valence-electron chi connectivity index (χ1n) is 4.45. The summed E-state index contributed by atoms with van der Waals surface area (Å²) in [4.78, 5) is 20.8. The van der Waals surface area contributed by atoms with Crippen molar-refractivity contribution in [2.24, 2.45) is 5.73 Å². The summed E-state index contributed by atoms with van der Waals surface area (Å²) >= 11 is 0. The second-order valence-corrected chi connectivity index (χ2v) is 3.00. The minimum absolute atomic E-state index is 0.169. The van der Waals surface area contributed by atoms with Gasteiger partial charge in [0.05, 0.1) is 6.04 Å². The first kappa shape index (κ1) is 13.9. The second-order valence-electron chi connectivity index (χ2n) is 3.00. The van der Waals surface area contributed by atoms with Crippen LogP contribution in [0, 0.1) is 0 Å². The molecule has 0 unspecified atom stereocenters. The van der Waals surface area contributed by atoms with E-state index in [0.29, 0.717) is 25.7 Å². The van der Waals surface area contributed by atoms with E-state index in [1.807, 2.05) is 0 Å². The highest BCUT2D eigenvalue weighted by atomic mass is 19.4. The molecule has 0 radical (unpaired) electrons. The van der Waals surface area contributed by atoms with Gasteiger partial charge < -0.3 is 15.8 Å². The summed E-state index contributed by atoms with van der Waals surface area (Å²) in [5, 5.41) is 1.59. The third-order valence-corrected chi connectivity index (χ3v) is 1.71. The zero-order valence-electron chi connectivity index (χ0n) is 8.01. The zero-order valence-corrected chi connectivity index (χ0v) is 8.01. The average molecular weight is 226 g/mol. The molecule has 7 heteroatoms. The Hall–Kier alpha value is -1.11. The molecule has 0 aliphatic carbocycles. The summed E-state index contributed by atoms with van der Waals surface area (Å²) in [6.07, 6.45) is -3.39. The van der Waals surface area contributed by atoms with Crippen LogP contribution in [-0.2, 0) is 9.59 Å². The van der Waals surface area contributed by atoms with E-state index in [9.17, 15) is 22.8 Å². The van der Waals surface area contributed by atoms with Crippen LogP contribution in [0.5, 0.6) is 0 Å². The standard InChI is InChI=1S/C8H13F3N2O2/c9-8(10,11)7(15)13-6(5-14)3-1-2-4-12/h5-6H,1-4,12H2,(H,13,15)/t6-/m0/s1. The van der Waals surface area contributed by atoms with E-state index < -0.39 is 18.1 Å². The lowest BCUT2D eigenvalue weighted by Crippen LogP contribution is -2.43. The van der Waals surface area contributed by atoms with Crippen molar-refractivity contribution < 1.29 is 22.8 Å². The number of carbonyl (C=O) groups excluding carboxylic acids is 2. The van der Waals surface area contributed by atoms with Gasteiger partial charge in [0.1, 0.15) is 6.29 Å². The highest BCUT2D eigenvalue weighted by molar-refractivity contribution is 5.84. The fourth-order valence-corrected chi connectivity index (χ4v) is 0.933. The molecule has 0 aliphatic rings. The van der Waals surface area contributed by atoms with Gasteiger partial charge in [-0.3, -0.25) is 4.79 Å². The molecule has 0 saturated heterocycles. The Balaban J connectivity index is 3.99. The van der Waals surface area contributed by atoms with E-state index in [4.69, 9.17) is 5.73 Å². The first-order valence-corrected chi connectivity index (χ1v) is 4.45. The number of amides is 1. The van der Waals surface area contributed by atoms with Crippen molar-refractivity contribution >= 4 is 12.2 Å². The molecular formula is C8H13F3N2O2. The Labute approximate surface area is 85.0 Å². The summed E-state index contributed by atoms with van der Waals surface area (Å²) in [6.45, 7) is 0.402. The van der Waals surface area contributed by atoms with Crippen LogP contribution in [0.4, 0.5) is 13.2 Å². The Morgan fingerprint density at radius 2 is 2.00 bits per heavy atom. The van der Waals surface area contributed by atoms with E-state index >= 15 is 0 Å². The topological polar surface area (TPSA) is 72.2 Å². The maximum atomic E-state index is 11.8. The van der Waals surface area contributed by atoms with Crippen molar-refractivity contribution in [1.82, 2.24) is 5.32 Å². The SMILES string of the molecule is NCCCC[C@@H](C=O)NC(=O)C(F)(F)F. The van der Waals surface area contributed by atoms with Crippen LogP contribution in [0.1, 0.15) is 19.3 Å². The molecule has 0 aromatic rings. The van der Waals surface area contributed by atoms with Gasteiger partial charge in [-0.05, 0) is 25.8 Å². The number of halogens is 3. The van der Waals surface area contributed by atoms with E-state index in [1.54, 1.807) is 5.32 Å². The summed E-state index contributed by atoms with van der Waals surface area (Å²) < 4.78 is 35.4. The molecular weight excluding hydrogens is 213 g/mol. The highest BCUT2D eigenvalue weighted by Crippen LogP contribution is 2.14. The van der Waals surface area contributed by atoms with Crippen LogP contribution in [0.25, 0.3) is 0 Å². The smallest absolute Gasteiger partial charge is 0.339 e. The molecule has 88 valence electrons. The predicted molar refractivity (Wildman–Crippen MR) is 47.0 cm³/mol. The molecule has 15 heavy (non-hydrogen) atoms. The molecule has 1 atom stereocenters. The van der Waals surface area contributed by atoms with Gasteiger partial charge in [0.15, 0.2) is 0 Å². The van der Waals surface area contributed by atoms with Gasteiger partial charge in [0.2, 0.25) is 0 Å². The van der Waals surface area contributed by atoms with Gasteiger partial charge in [-0.15, -0.1) is 0 Å². The predicted octanol–water partition coefficient (Wildman–Crippen LogP) is 0.361. The Morgan fingerprint density at radius 3 is 2.40 bits per heavy atom. The molecule has 3 N–H and O–H groups in total. The molecule has 0 bridgehead atoms. The van der Waals surface area contributed by atoms with Crippen molar-refractivity contribution in [3.05, 3.63) is 0 Å². The lowest BCUT2D eigenvalue weighted by atomic mass is 10.1. The van der Waals surface area contributed by atoms with Crippen molar-refractivity contribution in [3.63, 3.8) is 0 Å². The van der Waals surface area contributed by atoms with Crippen LogP contribution < -0.4 is 11.1 Å². The molecule has 0 fully saturated rings. The molecule has 0 spiro atoms. The van der Waals surface area contributed by atoms with E-state index in [2.05, 4.69) is 0 Å². The quantitative estimate of drug-likeness (QED) is 0.507. The lowest BCUT2D eigenvalue weighted by molar-refractivity contribution is -0.174. The van der Waals surface area contributed by atoms with Gasteiger partial charge in [-0.1, -0.05) is 0 Å². The molecule has 4 nitrogen and oxygen atoms in total. The van der Waals surface area contributed by atoms with Gasteiger partial charge in [-0.2, -0.15) is 13.2 Å². The van der Waals surface area contributed by atoms with Crippen molar-refractivity contribution in [2.45, 2.75) is 31.5 Å². The van der Waals surface area contributed by atoms with Crippen LogP contribution in [0.15, 0.2) is 0 Å². The maximum absolute atomic E-state index is 11.8. The summed E-state index contributed by atoms with van der Waals surface area (Å²) in [6, 6.07) is -1.09. The Morgan fingerprint density at radius 1 is 1.40 bits per heavy atom. The van der Waals surface area contributed by atoms with E-state index in [0.717, 1.165) is 0 Å². The number of aldehydes is 1. The van der Waals surface area contributed by atoms with Crippen LogP contribution in [-0.4, -0.2) is 31.0 Å². The number of alkyl halides is 3. The Kier molecular flexibility index (Phi) is 5.92. The van der Waals surface area contributed by atoms with E-state index in [1.165, 1.54) is 0 Å². The number of rotatable bonds is 6. The van der Waals surface area contributed by atoms with Gasteiger partial charge >= 0.3 is 12.1 Å².